The molecule has 0 saturated heterocycles. The topological polar surface area (TPSA) is 35.5 Å². The average molecular weight is 297 g/mol. The zero-order valence-corrected chi connectivity index (χ0v) is 11.3. The molecule has 0 aliphatic carbocycles. The van der Waals surface area contributed by atoms with E-state index in [0.29, 0.717) is 17.7 Å². The zero-order valence-electron chi connectivity index (χ0n) is 9.70. The fourth-order valence-electron chi connectivity index (χ4n) is 1.90. The van der Waals surface area contributed by atoms with Crippen LogP contribution in [0.15, 0.2) is 28.8 Å². The lowest BCUT2D eigenvalue weighted by molar-refractivity contribution is 0.0391. The van der Waals surface area contributed by atoms with Crippen LogP contribution in [0.5, 0.6) is 5.75 Å². The SMILES string of the molecule is C/C=C\CC1OC(=O)c2ccc(OC)c(Br)c21. The second-order valence-corrected chi connectivity index (χ2v) is 4.53. The highest BCUT2D eigenvalue weighted by Crippen LogP contribution is 2.42. The van der Waals surface area contributed by atoms with E-state index in [2.05, 4.69) is 15.9 Å². The fourth-order valence-corrected chi connectivity index (χ4v) is 2.66. The molecule has 0 amide bonds. The largest absolute Gasteiger partial charge is 0.496 e. The molecule has 0 radical (unpaired) electrons. The van der Waals surface area contributed by atoms with Crippen LogP contribution in [0.3, 0.4) is 0 Å². The molecular formula is C13H13BrO3. The van der Waals surface area contributed by atoms with E-state index < -0.39 is 0 Å². The van der Waals surface area contributed by atoms with Crippen molar-refractivity contribution >= 4 is 21.9 Å². The summed E-state index contributed by atoms with van der Waals surface area (Å²) in [4.78, 5) is 11.7. The molecule has 0 N–H and O–H groups in total. The smallest absolute Gasteiger partial charge is 0.339 e. The zero-order chi connectivity index (χ0) is 12.4. The number of benzene rings is 1. The monoisotopic (exact) mass is 296 g/mol. The van der Waals surface area contributed by atoms with Gasteiger partial charge in [0.25, 0.3) is 0 Å². The van der Waals surface area contributed by atoms with Gasteiger partial charge in [-0.05, 0) is 35.0 Å². The third kappa shape index (κ3) is 2.09. The van der Waals surface area contributed by atoms with Gasteiger partial charge in [-0.1, -0.05) is 12.2 Å². The van der Waals surface area contributed by atoms with Gasteiger partial charge in [0.2, 0.25) is 0 Å². The van der Waals surface area contributed by atoms with Gasteiger partial charge < -0.3 is 9.47 Å². The number of allylic oxidation sites excluding steroid dienone is 1. The summed E-state index contributed by atoms with van der Waals surface area (Å²) in [6.45, 7) is 1.94. The van der Waals surface area contributed by atoms with E-state index in [9.17, 15) is 4.79 Å². The van der Waals surface area contributed by atoms with Crippen LogP contribution in [0.1, 0.15) is 35.4 Å². The maximum absolute atomic E-state index is 11.7. The fraction of sp³-hybridized carbons (Fsp3) is 0.308. The summed E-state index contributed by atoms with van der Waals surface area (Å²) in [5.41, 5.74) is 1.50. The molecule has 1 aromatic rings. The Bertz CT molecular complexity index is 480. The molecule has 0 spiro atoms. The number of fused-ring (bicyclic) bond motifs is 1. The summed E-state index contributed by atoms with van der Waals surface area (Å²) in [5, 5.41) is 0. The van der Waals surface area contributed by atoms with Gasteiger partial charge in [-0.15, -0.1) is 0 Å². The number of hydrogen-bond acceptors (Lipinski definition) is 3. The number of carbonyl (C=O) groups excluding carboxylic acids is 1. The normalized spacial score (nSPS) is 18.3. The summed E-state index contributed by atoms with van der Waals surface area (Å²) >= 11 is 3.47. The van der Waals surface area contributed by atoms with E-state index in [1.54, 1.807) is 19.2 Å². The Kier molecular flexibility index (Phi) is 3.52. The summed E-state index contributed by atoms with van der Waals surface area (Å²) in [5.74, 6) is 0.449. The quantitative estimate of drug-likeness (QED) is 0.631. The minimum atomic E-state index is -0.266. The molecule has 4 heteroatoms. The van der Waals surface area contributed by atoms with Crippen LogP contribution in [0.2, 0.25) is 0 Å². The molecule has 0 fully saturated rings. The number of methoxy groups -OCH3 is 1. The third-order valence-electron chi connectivity index (χ3n) is 2.74. The summed E-state index contributed by atoms with van der Waals surface area (Å²) in [6, 6.07) is 3.51. The Morgan fingerprint density at radius 2 is 2.29 bits per heavy atom. The average Bonchev–Trinajstić information content (AvgIpc) is 2.65. The number of carbonyl (C=O) groups is 1. The lowest BCUT2D eigenvalue weighted by Crippen LogP contribution is -1.97. The van der Waals surface area contributed by atoms with Crippen LogP contribution in [0, 0.1) is 0 Å². The second kappa shape index (κ2) is 4.92. The molecule has 0 bridgehead atoms. The van der Waals surface area contributed by atoms with Crippen LogP contribution >= 0.6 is 15.9 Å². The molecule has 2 rings (SSSR count). The van der Waals surface area contributed by atoms with E-state index in [0.717, 1.165) is 10.0 Å². The van der Waals surface area contributed by atoms with Crippen molar-refractivity contribution < 1.29 is 14.3 Å². The van der Waals surface area contributed by atoms with Crippen molar-refractivity contribution in [3.05, 3.63) is 39.9 Å². The van der Waals surface area contributed by atoms with Crippen LogP contribution < -0.4 is 4.74 Å². The van der Waals surface area contributed by atoms with Crippen molar-refractivity contribution in [1.82, 2.24) is 0 Å². The van der Waals surface area contributed by atoms with Crippen LogP contribution in [0.25, 0.3) is 0 Å². The molecule has 1 atom stereocenters. The van der Waals surface area contributed by atoms with Gasteiger partial charge in [0.15, 0.2) is 0 Å². The first-order valence-electron chi connectivity index (χ1n) is 5.37. The van der Waals surface area contributed by atoms with E-state index in [1.807, 2.05) is 19.1 Å². The Hall–Kier alpha value is -1.29. The molecule has 0 aromatic heterocycles. The molecule has 1 aliphatic heterocycles. The summed E-state index contributed by atoms with van der Waals surface area (Å²) in [7, 11) is 1.60. The second-order valence-electron chi connectivity index (χ2n) is 3.74. The van der Waals surface area contributed by atoms with E-state index in [4.69, 9.17) is 9.47 Å². The Morgan fingerprint density at radius 1 is 1.53 bits per heavy atom. The van der Waals surface area contributed by atoms with Crippen molar-refractivity contribution in [3.8, 4) is 5.75 Å². The summed E-state index contributed by atoms with van der Waals surface area (Å²) in [6.07, 6.45) is 4.39. The van der Waals surface area contributed by atoms with E-state index in [1.165, 1.54) is 0 Å². The van der Waals surface area contributed by atoms with Crippen molar-refractivity contribution in [3.63, 3.8) is 0 Å². The molecular weight excluding hydrogens is 284 g/mol. The highest BCUT2D eigenvalue weighted by Gasteiger charge is 2.33. The Labute approximate surface area is 109 Å². The van der Waals surface area contributed by atoms with Crippen molar-refractivity contribution in [1.29, 1.82) is 0 Å². The highest BCUT2D eigenvalue weighted by molar-refractivity contribution is 9.10. The van der Waals surface area contributed by atoms with Gasteiger partial charge in [0, 0.05) is 12.0 Å². The van der Waals surface area contributed by atoms with Crippen LogP contribution in [-0.4, -0.2) is 13.1 Å². The minimum Gasteiger partial charge on any atom is -0.496 e. The van der Waals surface area contributed by atoms with Crippen molar-refractivity contribution in [2.75, 3.05) is 7.11 Å². The van der Waals surface area contributed by atoms with Gasteiger partial charge in [-0.3, -0.25) is 0 Å². The van der Waals surface area contributed by atoms with Gasteiger partial charge in [0.1, 0.15) is 11.9 Å². The first kappa shape index (κ1) is 12.2. The van der Waals surface area contributed by atoms with Crippen LogP contribution in [0.4, 0.5) is 0 Å². The third-order valence-corrected chi connectivity index (χ3v) is 3.56. The van der Waals surface area contributed by atoms with E-state index in [-0.39, 0.29) is 12.1 Å². The Balaban J connectivity index is 2.46. The lowest BCUT2D eigenvalue weighted by atomic mass is 10.0. The molecule has 17 heavy (non-hydrogen) atoms. The number of esters is 1. The molecule has 90 valence electrons. The van der Waals surface area contributed by atoms with Gasteiger partial charge in [-0.25, -0.2) is 4.79 Å². The molecule has 1 aliphatic rings. The minimum absolute atomic E-state index is 0.224. The first-order chi connectivity index (χ1) is 8.19. The number of halogens is 1. The van der Waals surface area contributed by atoms with Gasteiger partial charge in [0.05, 0.1) is 17.1 Å². The maximum atomic E-state index is 11.7. The molecule has 0 saturated carbocycles. The van der Waals surface area contributed by atoms with Crippen molar-refractivity contribution in [2.45, 2.75) is 19.4 Å². The van der Waals surface area contributed by atoms with Gasteiger partial charge >= 0.3 is 5.97 Å². The number of ether oxygens (including phenoxy) is 2. The maximum Gasteiger partial charge on any atom is 0.339 e. The molecule has 1 aromatic carbocycles. The predicted octanol–water partition coefficient (Wildman–Crippen LogP) is 3.64. The lowest BCUT2D eigenvalue weighted by Gasteiger charge is -2.11. The van der Waals surface area contributed by atoms with E-state index >= 15 is 0 Å². The molecule has 1 unspecified atom stereocenters. The Morgan fingerprint density at radius 3 is 2.94 bits per heavy atom. The predicted molar refractivity (Wildman–Crippen MR) is 68.3 cm³/mol. The molecule has 3 nitrogen and oxygen atoms in total. The number of rotatable bonds is 3. The standard InChI is InChI=1S/C13H13BrO3/c1-3-4-5-9-11-8(13(15)17-9)6-7-10(16-2)12(11)14/h3-4,6-7,9H,5H2,1-2H3/b4-3-. The summed E-state index contributed by atoms with van der Waals surface area (Å²) < 4.78 is 11.4. The van der Waals surface area contributed by atoms with Crippen molar-refractivity contribution in [2.24, 2.45) is 0 Å². The number of cyclic esters (lactones) is 1. The van der Waals surface area contributed by atoms with Gasteiger partial charge in [-0.2, -0.15) is 0 Å². The van der Waals surface area contributed by atoms with Crippen LogP contribution in [-0.2, 0) is 4.74 Å². The number of hydrogen-bond donors (Lipinski definition) is 0. The molecule has 1 heterocycles. The highest BCUT2D eigenvalue weighted by atomic mass is 79.9. The first-order valence-corrected chi connectivity index (χ1v) is 6.16.